The molecule has 22 heavy (non-hydrogen) atoms. The van der Waals surface area contributed by atoms with Crippen molar-refractivity contribution in [3.63, 3.8) is 0 Å². The van der Waals surface area contributed by atoms with Crippen molar-refractivity contribution in [3.05, 3.63) is 18.1 Å². The zero-order valence-electron chi connectivity index (χ0n) is 11.2. The molecule has 120 valence electrons. The molecule has 0 atom stereocenters. The molecule has 0 radical (unpaired) electrons. The van der Waals surface area contributed by atoms with E-state index in [-0.39, 0.29) is 31.9 Å². The van der Waals surface area contributed by atoms with Crippen LogP contribution in [0.2, 0.25) is 0 Å². The Kier molecular flexibility index (Phi) is 4.59. The Morgan fingerprint density at radius 1 is 1.23 bits per heavy atom. The SMILES string of the molecule is O=C(O)c1cnc(N(C(=O)C(F)(F)F)C2CCOCC2)cn1. The normalized spacial score (nSPS) is 16.3. The van der Waals surface area contributed by atoms with Gasteiger partial charge in [0.1, 0.15) is 0 Å². The molecule has 1 aromatic rings. The van der Waals surface area contributed by atoms with Gasteiger partial charge in [-0.1, -0.05) is 0 Å². The van der Waals surface area contributed by atoms with E-state index in [2.05, 4.69) is 9.97 Å². The molecule has 1 saturated heterocycles. The maximum atomic E-state index is 12.8. The van der Waals surface area contributed by atoms with Gasteiger partial charge in [-0.2, -0.15) is 13.2 Å². The van der Waals surface area contributed by atoms with Gasteiger partial charge >= 0.3 is 18.1 Å². The summed E-state index contributed by atoms with van der Waals surface area (Å²) in [5, 5.41) is 8.72. The number of amides is 1. The second-order valence-electron chi connectivity index (χ2n) is 4.58. The molecule has 0 bridgehead atoms. The molecule has 1 fully saturated rings. The van der Waals surface area contributed by atoms with E-state index in [0.717, 1.165) is 12.4 Å². The Morgan fingerprint density at radius 2 is 1.86 bits per heavy atom. The summed E-state index contributed by atoms with van der Waals surface area (Å²) >= 11 is 0. The van der Waals surface area contributed by atoms with Crippen molar-refractivity contribution in [2.45, 2.75) is 25.1 Å². The summed E-state index contributed by atoms with van der Waals surface area (Å²) in [6.07, 6.45) is -2.95. The fourth-order valence-corrected chi connectivity index (χ4v) is 2.09. The first kappa shape index (κ1) is 16.1. The number of alkyl halides is 3. The highest BCUT2D eigenvalue weighted by molar-refractivity contribution is 5.97. The lowest BCUT2D eigenvalue weighted by Gasteiger charge is -2.33. The van der Waals surface area contributed by atoms with Crippen LogP contribution >= 0.6 is 0 Å². The molecule has 1 amide bonds. The largest absolute Gasteiger partial charge is 0.476 e. The fraction of sp³-hybridized carbons (Fsp3) is 0.500. The molecular formula is C12H12F3N3O4. The number of anilines is 1. The monoisotopic (exact) mass is 319 g/mol. The summed E-state index contributed by atoms with van der Waals surface area (Å²) in [5.74, 6) is -3.75. The first-order valence-electron chi connectivity index (χ1n) is 6.34. The molecule has 0 saturated carbocycles. The molecule has 1 aliphatic heterocycles. The molecule has 2 rings (SSSR count). The summed E-state index contributed by atoms with van der Waals surface area (Å²) in [6.45, 7) is 0.458. The Hall–Kier alpha value is -2.23. The van der Waals surface area contributed by atoms with E-state index >= 15 is 0 Å². The number of halogens is 3. The topological polar surface area (TPSA) is 92.6 Å². The van der Waals surface area contributed by atoms with Gasteiger partial charge in [0.15, 0.2) is 11.5 Å². The first-order chi connectivity index (χ1) is 10.3. The number of carbonyl (C=O) groups is 2. The van der Waals surface area contributed by atoms with Gasteiger partial charge in [0.25, 0.3) is 0 Å². The molecule has 0 aliphatic carbocycles. The lowest BCUT2D eigenvalue weighted by molar-refractivity contribution is -0.171. The highest BCUT2D eigenvalue weighted by atomic mass is 19.4. The zero-order valence-corrected chi connectivity index (χ0v) is 11.2. The average molecular weight is 319 g/mol. The van der Waals surface area contributed by atoms with E-state index in [1.165, 1.54) is 0 Å². The van der Waals surface area contributed by atoms with Crippen molar-refractivity contribution in [1.82, 2.24) is 9.97 Å². The number of carboxylic acids is 1. The average Bonchev–Trinajstić information content (AvgIpc) is 2.48. The number of aromatic nitrogens is 2. The van der Waals surface area contributed by atoms with Crippen LogP contribution in [0.4, 0.5) is 19.0 Å². The minimum atomic E-state index is -5.06. The van der Waals surface area contributed by atoms with Crippen LogP contribution in [0.5, 0.6) is 0 Å². The predicted molar refractivity (Wildman–Crippen MR) is 66.4 cm³/mol. The number of hydrogen-bond acceptors (Lipinski definition) is 5. The highest BCUT2D eigenvalue weighted by Gasteiger charge is 2.46. The summed E-state index contributed by atoms with van der Waals surface area (Å²) < 4.78 is 43.4. The van der Waals surface area contributed by atoms with Gasteiger partial charge in [-0.3, -0.25) is 9.69 Å². The lowest BCUT2D eigenvalue weighted by atomic mass is 10.1. The molecule has 1 aliphatic rings. The predicted octanol–water partition coefficient (Wildman–Crippen LogP) is 1.25. The van der Waals surface area contributed by atoms with Gasteiger partial charge in [-0.25, -0.2) is 14.8 Å². The van der Waals surface area contributed by atoms with E-state index in [9.17, 15) is 22.8 Å². The highest BCUT2D eigenvalue weighted by Crippen LogP contribution is 2.27. The van der Waals surface area contributed by atoms with Crippen LogP contribution in [-0.4, -0.2) is 52.4 Å². The van der Waals surface area contributed by atoms with Gasteiger partial charge in [-0.05, 0) is 12.8 Å². The molecule has 7 nitrogen and oxygen atoms in total. The Morgan fingerprint density at radius 3 is 2.32 bits per heavy atom. The quantitative estimate of drug-likeness (QED) is 0.901. The van der Waals surface area contributed by atoms with Crippen molar-refractivity contribution in [2.24, 2.45) is 0 Å². The Balaban J connectivity index is 2.34. The van der Waals surface area contributed by atoms with Crippen LogP contribution in [0, 0.1) is 0 Å². The van der Waals surface area contributed by atoms with Crippen molar-refractivity contribution >= 4 is 17.7 Å². The van der Waals surface area contributed by atoms with Gasteiger partial charge in [0.2, 0.25) is 0 Å². The number of carboxylic acid groups (broad SMARTS) is 1. The van der Waals surface area contributed by atoms with Crippen LogP contribution in [0.3, 0.4) is 0 Å². The molecular weight excluding hydrogens is 307 g/mol. The van der Waals surface area contributed by atoms with Crippen LogP contribution < -0.4 is 4.90 Å². The third-order valence-corrected chi connectivity index (χ3v) is 3.12. The van der Waals surface area contributed by atoms with Crippen LogP contribution in [-0.2, 0) is 9.53 Å². The molecule has 1 aromatic heterocycles. The van der Waals surface area contributed by atoms with Crippen molar-refractivity contribution in [1.29, 1.82) is 0 Å². The van der Waals surface area contributed by atoms with Crippen molar-refractivity contribution < 1.29 is 32.6 Å². The second-order valence-corrected chi connectivity index (χ2v) is 4.58. The smallest absolute Gasteiger partial charge is 0.471 e. The number of ether oxygens (including phenoxy) is 1. The van der Waals surface area contributed by atoms with Crippen molar-refractivity contribution in [3.8, 4) is 0 Å². The third-order valence-electron chi connectivity index (χ3n) is 3.12. The second kappa shape index (κ2) is 6.26. The summed E-state index contributed by atoms with van der Waals surface area (Å²) in [5.41, 5.74) is -0.421. The lowest BCUT2D eigenvalue weighted by Crippen LogP contribution is -2.49. The van der Waals surface area contributed by atoms with Gasteiger partial charge < -0.3 is 9.84 Å². The standard InChI is InChI=1S/C12H12F3N3O4/c13-12(14,15)11(21)18(7-1-3-22-4-2-7)9-6-16-8(5-17-9)10(19)20/h5-7H,1-4H2,(H,19,20). The van der Waals surface area contributed by atoms with Crippen LogP contribution in [0.1, 0.15) is 23.3 Å². The van der Waals surface area contributed by atoms with Gasteiger partial charge in [0.05, 0.1) is 12.4 Å². The van der Waals surface area contributed by atoms with E-state index in [0.29, 0.717) is 4.90 Å². The third kappa shape index (κ3) is 3.50. The molecule has 0 spiro atoms. The summed E-state index contributed by atoms with van der Waals surface area (Å²) in [7, 11) is 0. The van der Waals surface area contributed by atoms with Crippen LogP contribution in [0.25, 0.3) is 0 Å². The molecule has 1 N–H and O–H groups in total. The molecule has 2 heterocycles. The van der Waals surface area contributed by atoms with Gasteiger partial charge in [-0.15, -0.1) is 0 Å². The van der Waals surface area contributed by atoms with Crippen molar-refractivity contribution in [2.75, 3.05) is 18.1 Å². The maximum absolute atomic E-state index is 12.8. The number of nitrogens with zero attached hydrogens (tertiary/aromatic N) is 3. The number of carbonyl (C=O) groups excluding carboxylic acids is 1. The van der Waals surface area contributed by atoms with Gasteiger partial charge in [0, 0.05) is 19.3 Å². The molecule has 10 heteroatoms. The van der Waals surface area contributed by atoms with E-state index < -0.39 is 29.8 Å². The fourth-order valence-electron chi connectivity index (χ4n) is 2.09. The summed E-state index contributed by atoms with van der Waals surface area (Å²) in [6, 6.07) is -0.729. The number of rotatable bonds is 3. The van der Waals surface area contributed by atoms with E-state index in [4.69, 9.17) is 9.84 Å². The Bertz CT molecular complexity index is 556. The minimum absolute atomic E-state index is 0.226. The molecule has 0 unspecified atom stereocenters. The summed E-state index contributed by atoms with van der Waals surface area (Å²) in [4.78, 5) is 30.0. The van der Waals surface area contributed by atoms with E-state index in [1.54, 1.807) is 0 Å². The molecule has 0 aromatic carbocycles. The minimum Gasteiger partial charge on any atom is -0.476 e. The van der Waals surface area contributed by atoms with Crippen LogP contribution in [0.15, 0.2) is 12.4 Å². The number of aromatic carboxylic acids is 1. The Labute approximate surface area is 122 Å². The zero-order chi connectivity index (χ0) is 16.3. The maximum Gasteiger partial charge on any atom is 0.471 e. The number of hydrogen-bond donors (Lipinski definition) is 1. The van der Waals surface area contributed by atoms with E-state index in [1.807, 2.05) is 0 Å². The first-order valence-corrected chi connectivity index (χ1v) is 6.34.